The Labute approximate surface area is 134 Å². The Morgan fingerprint density at radius 2 is 2.05 bits per heavy atom. The molecule has 0 saturated heterocycles. The summed E-state index contributed by atoms with van der Waals surface area (Å²) in [6.07, 6.45) is 0. The van der Waals surface area contributed by atoms with Gasteiger partial charge in [0.2, 0.25) is 0 Å². The highest BCUT2D eigenvalue weighted by atomic mass is 79.9. The zero-order chi connectivity index (χ0) is 14.8. The number of thiophene rings is 1. The molecule has 2 aromatic heterocycles. The second kappa shape index (κ2) is 5.91. The highest BCUT2D eigenvalue weighted by Crippen LogP contribution is 2.42. The van der Waals surface area contributed by atoms with Crippen LogP contribution in [0.4, 0.5) is 5.82 Å². The molecule has 108 valence electrons. The van der Waals surface area contributed by atoms with Crippen LogP contribution in [0.5, 0.6) is 5.75 Å². The molecule has 0 aliphatic heterocycles. The van der Waals surface area contributed by atoms with Gasteiger partial charge in [-0.25, -0.2) is 0 Å². The number of ether oxygens (including phenoxy) is 1. The molecule has 3 aromatic rings. The van der Waals surface area contributed by atoms with Crippen molar-refractivity contribution in [2.75, 3.05) is 12.3 Å². The first-order valence-electron chi connectivity index (χ1n) is 6.42. The van der Waals surface area contributed by atoms with E-state index in [4.69, 9.17) is 15.0 Å². The average molecular weight is 365 g/mol. The van der Waals surface area contributed by atoms with Gasteiger partial charge in [-0.15, -0.1) is 11.3 Å². The van der Waals surface area contributed by atoms with Crippen LogP contribution in [0.3, 0.4) is 0 Å². The van der Waals surface area contributed by atoms with E-state index in [0.29, 0.717) is 18.2 Å². The molecular weight excluding hydrogens is 352 g/mol. The van der Waals surface area contributed by atoms with Gasteiger partial charge < -0.3 is 15.0 Å². The molecule has 2 heterocycles. The molecule has 0 radical (unpaired) electrons. The van der Waals surface area contributed by atoms with E-state index in [0.717, 1.165) is 26.2 Å². The van der Waals surface area contributed by atoms with E-state index in [1.165, 1.54) is 0 Å². The van der Waals surface area contributed by atoms with Crippen LogP contribution in [0.2, 0.25) is 0 Å². The Balaban J connectivity index is 2.06. The molecule has 0 atom stereocenters. The van der Waals surface area contributed by atoms with E-state index in [2.05, 4.69) is 21.1 Å². The van der Waals surface area contributed by atoms with Crippen molar-refractivity contribution in [3.05, 3.63) is 40.2 Å². The Morgan fingerprint density at radius 3 is 2.67 bits per heavy atom. The maximum Gasteiger partial charge on any atom is 0.187 e. The quantitative estimate of drug-likeness (QED) is 0.721. The fourth-order valence-electron chi connectivity index (χ4n) is 2.08. The number of aromatic nitrogens is 1. The number of nitrogens with two attached hydrogens (primary N) is 1. The molecular formula is C15H13BrN2O2S. The van der Waals surface area contributed by atoms with Crippen molar-refractivity contribution in [1.29, 1.82) is 0 Å². The number of halogens is 1. The summed E-state index contributed by atoms with van der Waals surface area (Å²) in [6, 6.07) is 9.72. The van der Waals surface area contributed by atoms with Crippen molar-refractivity contribution >= 4 is 33.1 Å². The number of rotatable bonds is 4. The van der Waals surface area contributed by atoms with Crippen LogP contribution in [0.1, 0.15) is 6.92 Å². The van der Waals surface area contributed by atoms with Crippen LogP contribution in [-0.2, 0) is 0 Å². The normalized spacial score (nSPS) is 10.8. The molecule has 3 rings (SSSR count). The lowest BCUT2D eigenvalue weighted by atomic mass is 10.0. The van der Waals surface area contributed by atoms with Gasteiger partial charge in [-0.05, 0) is 52.0 Å². The summed E-state index contributed by atoms with van der Waals surface area (Å²) in [5.41, 5.74) is 7.74. The van der Waals surface area contributed by atoms with E-state index >= 15 is 0 Å². The predicted molar refractivity (Wildman–Crippen MR) is 88.5 cm³/mol. The van der Waals surface area contributed by atoms with Gasteiger partial charge in [0, 0.05) is 4.47 Å². The van der Waals surface area contributed by atoms with E-state index in [-0.39, 0.29) is 0 Å². The standard InChI is InChI=1S/C15H13BrN2O2S/c1-2-19-10-5-3-9(4-6-10)12-13(20-18-15(12)17)14-11(16)7-8-21-14/h3-8H,2H2,1H3,(H2,17,18). The van der Waals surface area contributed by atoms with Crippen LogP contribution in [0, 0.1) is 0 Å². The van der Waals surface area contributed by atoms with Gasteiger partial charge in [0.1, 0.15) is 5.75 Å². The lowest BCUT2D eigenvalue weighted by Gasteiger charge is -2.05. The summed E-state index contributed by atoms with van der Waals surface area (Å²) in [5, 5.41) is 5.89. The fourth-order valence-corrected chi connectivity index (χ4v) is 3.61. The number of hydrogen-bond donors (Lipinski definition) is 1. The zero-order valence-electron chi connectivity index (χ0n) is 11.3. The Kier molecular flexibility index (Phi) is 3.98. The van der Waals surface area contributed by atoms with Crippen LogP contribution >= 0.6 is 27.3 Å². The largest absolute Gasteiger partial charge is 0.494 e. The first-order valence-corrected chi connectivity index (χ1v) is 8.09. The van der Waals surface area contributed by atoms with Crippen LogP contribution < -0.4 is 10.5 Å². The molecule has 0 fully saturated rings. The third-order valence-electron chi connectivity index (χ3n) is 3.00. The number of nitrogen functional groups attached to an aromatic ring is 1. The summed E-state index contributed by atoms with van der Waals surface area (Å²) < 4.78 is 11.8. The molecule has 4 nitrogen and oxygen atoms in total. The fraction of sp³-hybridized carbons (Fsp3) is 0.133. The topological polar surface area (TPSA) is 61.3 Å². The van der Waals surface area contributed by atoms with Crippen LogP contribution in [0.25, 0.3) is 21.8 Å². The van der Waals surface area contributed by atoms with E-state index in [9.17, 15) is 0 Å². The minimum Gasteiger partial charge on any atom is -0.494 e. The molecule has 0 aliphatic rings. The van der Waals surface area contributed by atoms with Crippen molar-refractivity contribution in [1.82, 2.24) is 5.16 Å². The second-order valence-corrected chi connectivity index (χ2v) is 6.10. The maximum atomic E-state index is 5.98. The smallest absolute Gasteiger partial charge is 0.187 e. The second-order valence-electron chi connectivity index (χ2n) is 4.33. The van der Waals surface area contributed by atoms with Gasteiger partial charge in [-0.3, -0.25) is 0 Å². The summed E-state index contributed by atoms with van der Waals surface area (Å²) >= 11 is 5.09. The third kappa shape index (κ3) is 2.69. The molecule has 0 saturated carbocycles. The van der Waals surface area contributed by atoms with Gasteiger partial charge in [-0.1, -0.05) is 17.3 Å². The summed E-state index contributed by atoms with van der Waals surface area (Å²) in [5.74, 6) is 1.89. The van der Waals surface area contributed by atoms with Gasteiger partial charge >= 0.3 is 0 Å². The van der Waals surface area contributed by atoms with Gasteiger partial charge in [0.05, 0.1) is 17.0 Å². The average Bonchev–Trinajstić information content (AvgIpc) is 3.06. The highest BCUT2D eigenvalue weighted by Gasteiger charge is 2.20. The number of anilines is 1. The molecule has 0 amide bonds. The van der Waals surface area contributed by atoms with Crippen molar-refractivity contribution in [2.24, 2.45) is 0 Å². The lowest BCUT2D eigenvalue weighted by molar-refractivity contribution is 0.340. The monoisotopic (exact) mass is 364 g/mol. The number of nitrogens with zero attached hydrogens (tertiary/aromatic N) is 1. The van der Waals surface area contributed by atoms with Gasteiger partial charge in [0.25, 0.3) is 0 Å². The molecule has 0 unspecified atom stereocenters. The summed E-state index contributed by atoms with van der Waals surface area (Å²) in [6.45, 7) is 2.60. The molecule has 0 spiro atoms. The minimum atomic E-state index is 0.384. The SMILES string of the molecule is CCOc1ccc(-c2c(N)noc2-c2sccc2Br)cc1. The number of hydrogen-bond acceptors (Lipinski definition) is 5. The first-order chi connectivity index (χ1) is 10.2. The molecule has 1 aromatic carbocycles. The highest BCUT2D eigenvalue weighted by molar-refractivity contribution is 9.10. The summed E-state index contributed by atoms with van der Waals surface area (Å²) in [4.78, 5) is 0.975. The lowest BCUT2D eigenvalue weighted by Crippen LogP contribution is -1.92. The van der Waals surface area contributed by atoms with Crippen molar-refractivity contribution in [3.8, 4) is 27.5 Å². The summed E-state index contributed by atoms with van der Waals surface area (Å²) in [7, 11) is 0. The Bertz CT molecular complexity index is 749. The first kappa shape index (κ1) is 14.2. The predicted octanol–water partition coefficient (Wildman–Crippen LogP) is 4.81. The maximum absolute atomic E-state index is 5.98. The molecule has 6 heteroatoms. The van der Waals surface area contributed by atoms with E-state index in [1.807, 2.05) is 42.6 Å². The zero-order valence-corrected chi connectivity index (χ0v) is 13.7. The van der Waals surface area contributed by atoms with Crippen LogP contribution in [0.15, 0.2) is 44.7 Å². The van der Waals surface area contributed by atoms with Crippen molar-refractivity contribution in [3.63, 3.8) is 0 Å². The van der Waals surface area contributed by atoms with Gasteiger partial charge in [-0.2, -0.15) is 0 Å². The van der Waals surface area contributed by atoms with E-state index < -0.39 is 0 Å². The minimum absolute atomic E-state index is 0.384. The van der Waals surface area contributed by atoms with E-state index in [1.54, 1.807) is 11.3 Å². The third-order valence-corrected chi connectivity index (χ3v) is 4.83. The van der Waals surface area contributed by atoms with Crippen molar-refractivity contribution in [2.45, 2.75) is 6.92 Å². The molecule has 0 bridgehead atoms. The van der Waals surface area contributed by atoms with Crippen molar-refractivity contribution < 1.29 is 9.26 Å². The molecule has 2 N–H and O–H groups in total. The molecule has 0 aliphatic carbocycles. The number of benzene rings is 1. The van der Waals surface area contributed by atoms with Crippen LogP contribution in [-0.4, -0.2) is 11.8 Å². The molecule has 21 heavy (non-hydrogen) atoms. The Morgan fingerprint density at radius 1 is 1.29 bits per heavy atom. The Hall–Kier alpha value is -1.79. The van der Waals surface area contributed by atoms with Gasteiger partial charge in [0.15, 0.2) is 11.6 Å².